The van der Waals surface area contributed by atoms with Gasteiger partial charge in [-0.3, -0.25) is 0 Å². The largest absolute Gasteiger partial charge is 0.456 e. The summed E-state index contributed by atoms with van der Waals surface area (Å²) in [6, 6.07) is 68.1. The molecule has 0 spiro atoms. The smallest absolute Gasteiger partial charge is 0.163 e. The van der Waals surface area contributed by atoms with Crippen molar-refractivity contribution in [3.8, 4) is 89.8 Å². The SMILES string of the molecule is [2H]C([2H])([2H])C1(C)c2ccccc2Oc2c(-c3nccc(-c4c(-c5ccccc5)c(-c5ccccc5)c(-c5ccccc5)c(-c5ccccc5)c4-c4ccccc4)n3)cccc21. The van der Waals surface area contributed by atoms with Gasteiger partial charge in [0.05, 0.1) is 11.3 Å². The molecule has 58 heavy (non-hydrogen) atoms. The monoisotopic (exact) mass is 747 g/mol. The van der Waals surface area contributed by atoms with E-state index in [9.17, 15) is 0 Å². The van der Waals surface area contributed by atoms with E-state index in [0.29, 0.717) is 39.7 Å². The molecule has 9 aromatic rings. The van der Waals surface area contributed by atoms with E-state index in [-0.39, 0.29) is 0 Å². The number of nitrogens with zero attached hydrogens (tertiary/aromatic N) is 2. The van der Waals surface area contributed by atoms with E-state index in [1.54, 1.807) is 13.1 Å². The maximum atomic E-state index is 8.83. The highest BCUT2D eigenvalue weighted by Crippen LogP contribution is 2.56. The quantitative estimate of drug-likeness (QED) is 0.163. The first-order chi connectivity index (χ1) is 29.8. The number of ether oxygens (including phenoxy) is 1. The van der Waals surface area contributed by atoms with Gasteiger partial charge in [-0.2, -0.15) is 0 Å². The zero-order valence-electron chi connectivity index (χ0n) is 34.9. The third-order valence-corrected chi connectivity index (χ3v) is 11.2. The van der Waals surface area contributed by atoms with Gasteiger partial charge in [0.2, 0.25) is 0 Å². The molecule has 3 heteroatoms. The summed E-state index contributed by atoms with van der Waals surface area (Å²) in [6.07, 6.45) is 1.80. The van der Waals surface area contributed by atoms with Gasteiger partial charge in [0.1, 0.15) is 11.5 Å². The van der Waals surface area contributed by atoms with Crippen molar-refractivity contribution in [3.63, 3.8) is 0 Å². The van der Waals surface area contributed by atoms with E-state index in [1.165, 1.54) is 0 Å². The fourth-order valence-electron chi connectivity index (χ4n) is 8.54. The summed E-state index contributed by atoms with van der Waals surface area (Å²) < 4.78 is 33.1. The van der Waals surface area contributed by atoms with Gasteiger partial charge in [0.25, 0.3) is 0 Å². The van der Waals surface area contributed by atoms with Gasteiger partial charge in [-0.05, 0) is 62.7 Å². The molecule has 8 aromatic carbocycles. The Morgan fingerprint density at radius 3 is 1.31 bits per heavy atom. The Labute approximate surface area is 344 Å². The molecule has 2 heterocycles. The van der Waals surface area contributed by atoms with Crippen LogP contribution in [0.2, 0.25) is 0 Å². The summed E-state index contributed by atoms with van der Waals surface area (Å²) in [5.74, 6) is 1.37. The van der Waals surface area contributed by atoms with Gasteiger partial charge in [-0.25, -0.2) is 9.97 Å². The number of hydrogen-bond donors (Lipinski definition) is 0. The van der Waals surface area contributed by atoms with Crippen LogP contribution < -0.4 is 4.74 Å². The molecule has 0 radical (unpaired) electrons. The van der Waals surface area contributed by atoms with Crippen LogP contribution in [0.15, 0.2) is 206 Å². The minimum Gasteiger partial charge on any atom is -0.456 e. The molecule has 0 amide bonds. The van der Waals surface area contributed by atoms with Gasteiger partial charge in [-0.15, -0.1) is 0 Å². The summed E-state index contributed by atoms with van der Waals surface area (Å²) >= 11 is 0. The maximum Gasteiger partial charge on any atom is 0.163 e. The number of para-hydroxylation sites is 2. The highest BCUT2D eigenvalue weighted by atomic mass is 16.5. The minimum absolute atomic E-state index is 0.425. The predicted octanol–water partition coefficient (Wildman–Crippen LogP) is 14.6. The van der Waals surface area contributed by atoms with Crippen molar-refractivity contribution in [1.29, 1.82) is 0 Å². The lowest BCUT2D eigenvalue weighted by molar-refractivity contribution is 0.419. The molecule has 0 saturated heterocycles. The fraction of sp³-hybridized carbons (Fsp3) is 0.0545. The van der Waals surface area contributed by atoms with Gasteiger partial charge >= 0.3 is 0 Å². The normalized spacial score (nSPS) is 15.2. The first-order valence-corrected chi connectivity index (χ1v) is 19.6. The molecule has 10 rings (SSSR count). The third kappa shape index (κ3) is 6.00. The second kappa shape index (κ2) is 14.6. The van der Waals surface area contributed by atoms with Crippen molar-refractivity contribution in [2.75, 3.05) is 0 Å². The van der Waals surface area contributed by atoms with E-state index in [2.05, 4.69) is 140 Å². The number of benzene rings is 8. The third-order valence-electron chi connectivity index (χ3n) is 11.2. The maximum absolute atomic E-state index is 8.83. The lowest BCUT2D eigenvalue weighted by Gasteiger charge is -2.35. The van der Waals surface area contributed by atoms with Crippen LogP contribution in [0.5, 0.6) is 11.5 Å². The Hall–Kier alpha value is -7.36. The van der Waals surface area contributed by atoms with Crippen molar-refractivity contribution in [1.82, 2.24) is 9.97 Å². The van der Waals surface area contributed by atoms with Gasteiger partial charge < -0.3 is 4.74 Å². The van der Waals surface area contributed by atoms with Crippen LogP contribution in [0.25, 0.3) is 78.3 Å². The summed E-state index contributed by atoms with van der Waals surface area (Å²) in [7, 11) is 0. The highest BCUT2D eigenvalue weighted by molar-refractivity contribution is 6.14. The van der Waals surface area contributed by atoms with Crippen LogP contribution >= 0.6 is 0 Å². The summed E-state index contributed by atoms with van der Waals surface area (Å²) in [5.41, 5.74) is 12.8. The lowest BCUT2D eigenvalue weighted by atomic mass is 9.75. The lowest BCUT2D eigenvalue weighted by Crippen LogP contribution is -2.24. The number of fused-ring (bicyclic) bond motifs is 2. The molecule has 1 aliphatic heterocycles. The van der Waals surface area contributed by atoms with Crippen LogP contribution in [0.3, 0.4) is 0 Å². The van der Waals surface area contributed by atoms with Crippen LogP contribution in [0, 0.1) is 0 Å². The Morgan fingerprint density at radius 2 is 0.845 bits per heavy atom. The molecule has 3 nitrogen and oxygen atoms in total. The van der Waals surface area contributed by atoms with E-state index in [4.69, 9.17) is 18.8 Å². The molecule has 0 N–H and O–H groups in total. The van der Waals surface area contributed by atoms with Crippen molar-refractivity contribution in [2.45, 2.75) is 19.2 Å². The Balaban J connectivity index is 1.36. The molecule has 1 atom stereocenters. The fourth-order valence-corrected chi connectivity index (χ4v) is 8.54. The predicted molar refractivity (Wildman–Crippen MR) is 239 cm³/mol. The number of aromatic nitrogens is 2. The molecule has 0 saturated carbocycles. The van der Waals surface area contributed by atoms with Crippen LogP contribution in [0.1, 0.15) is 29.0 Å². The summed E-state index contributed by atoms with van der Waals surface area (Å²) in [6.45, 7) is -0.593. The average molecular weight is 748 g/mol. The molecule has 1 unspecified atom stereocenters. The molecule has 1 aliphatic rings. The molecule has 276 valence electrons. The minimum atomic E-state index is -2.37. The standard InChI is InChI=1S/C55H40N2O/c1-55(2)43-32-18-19-34-46(43)58-53-42(31-20-33-44(53)55)54-56-36-35-45(57-54)52-50(40-27-14-6-15-28-40)48(38-23-10-4-11-24-38)47(37-21-8-3-9-22-37)49(39-25-12-5-13-26-39)51(52)41-29-16-7-17-30-41/h3-36H,1-2H3/i1D3. The van der Waals surface area contributed by atoms with Crippen molar-refractivity contribution in [3.05, 3.63) is 218 Å². The Kier molecular flexibility index (Phi) is 8.01. The molecule has 1 aromatic heterocycles. The molecule has 0 aliphatic carbocycles. The topological polar surface area (TPSA) is 35.0 Å². The van der Waals surface area contributed by atoms with Crippen LogP contribution in [-0.2, 0) is 5.41 Å². The molecular formula is C55H40N2O. The van der Waals surface area contributed by atoms with E-state index >= 15 is 0 Å². The molecular weight excluding hydrogens is 705 g/mol. The number of rotatable bonds is 7. The second-order valence-corrected chi connectivity index (χ2v) is 14.8. The van der Waals surface area contributed by atoms with Crippen LogP contribution in [0.4, 0.5) is 0 Å². The van der Waals surface area contributed by atoms with E-state index < -0.39 is 12.3 Å². The summed E-state index contributed by atoms with van der Waals surface area (Å²) in [4.78, 5) is 10.4. The van der Waals surface area contributed by atoms with Gasteiger partial charge in [0, 0.05) is 43.5 Å². The van der Waals surface area contributed by atoms with Crippen LogP contribution in [-0.4, -0.2) is 9.97 Å². The van der Waals surface area contributed by atoms with Gasteiger partial charge in [0.15, 0.2) is 5.82 Å². The second-order valence-electron chi connectivity index (χ2n) is 14.8. The Bertz CT molecular complexity index is 2920. The van der Waals surface area contributed by atoms with Crippen molar-refractivity contribution >= 4 is 0 Å². The van der Waals surface area contributed by atoms with Crippen molar-refractivity contribution < 1.29 is 8.85 Å². The first-order valence-electron chi connectivity index (χ1n) is 21.1. The summed E-state index contributed by atoms with van der Waals surface area (Å²) in [5, 5.41) is 0. The number of hydrogen-bond acceptors (Lipinski definition) is 3. The molecule has 0 fully saturated rings. The average Bonchev–Trinajstić information content (AvgIpc) is 3.31. The van der Waals surface area contributed by atoms with Crippen molar-refractivity contribution in [2.24, 2.45) is 0 Å². The first kappa shape index (κ1) is 31.8. The zero-order chi connectivity index (χ0) is 41.6. The van der Waals surface area contributed by atoms with E-state index in [1.807, 2.05) is 60.7 Å². The Morgan fingerprint density at radius 1 is 0.431 bits per heavy atom. The van der Waals surface area contributed by atoms with E-state index in [0.717, 1.165) is 61.2 Å². The molecule has 0 bridgehead atoms. The zero-order valence-corrected chi connectivity index (χ0v) is 31.9. The highest BCUT2D eigenvalue weighted by Gasteiger charge is 2.36. The van der Waals surface area contributed by atoms with Gasteiger partial charge in [-0.1, -0.05) is 196 Å².